The summed E-state index contributed by atoms with van der Waals surface area (Å²) < 4.78 is 0. The van der Waals surface area contributed by atoms with Crippen molar-refractivity contribution in [2.75, 3.05) is 6.54 Å². The summed E-state index contributed by atoms with van der Waals surface area (Å²) in [6.07, 6.45) is 4.67. The van der Waals surface area contributed by atoms with Gasteiger partial charge in [-0.2, -0.15) is 0 Å². The van der Waals surface area contributed by atoms with Crippen molar-refractivity contribution < 1.29 is 9.90 Å². The van der Waals surface area contributed by atoms with Gasteiger partial charge >= 0.3 is 0 Å². The lowest BCUT2D eigenvalue weighted by Gasteiger charge is -2.19. The van der Waals surface area contributed by atoms with Crippen LogP contribution in [0.15, 0.2) is 30.3 Å². The molecule has 1 aromatic carbocycles. The standard InChI is InChI=1S/C17H25NO2/c1-4-15(5-2)16(19)12-18-17(20)10-9-14-8-6-7-13(3)11-14/h6-11,15-16,19H,4-5,12H2,1-3H3,(H,18,20)/b10-9+. The van der Waals surface area contributed by atoms with E-state index in [-0.39, 0.29) is 11.8 Å². The number of rotatable bonds is 7. The van der Waals surface area contributed by atoms with Crippen molar-refractivity contribution in [3.8, 4) is 0 Å². The zero-order valence-corrected chi connectivity index (χ0v) is 12.6. The number of hydrogen-bond acceptors (Lipinski definition) is 2. The zero-order valence-electron chi connectivity index (χ0n) is 12.6. The van der Waals surface area contributed by atoms with Crippen LogP contribution in [0.1, 0.15) is 37.8 Å². The molecule has 110 valence electrons. The van der Waals surface area contributed by atoms with Gasteiger partial charge in [0.25, 0.3) is 0 Å². The lowest BCUT2D eigenvalue weighted by molar-refractivity contribution is -0.117. The summed E-state index contributed by atoms with van der Waals surface area (Å²) in [6, 6.07) is 7.95. The smallest absolute Gasteiger partial charge is 0.244 e. The van der Waals surface area contributed by atoms with Crippen LogP contribution in [0.3, 0.4) is 0 Å². The molecule has 0 saturated heterocycles. The first-order valence-corrected chi connectivity index (χ1v) is 7.27. The molecule has 0 saturated carbocycles. The van der Waals surface area contributed by atoms with Crippen LogP contribution in [-0.2, 0) is 4.79 Å². The van der Waals surface area contributed by atoms with Crippen LogP contribution in [0.5, 0.6) is 0 Å². The van der Waals surface area contributed by atoms with Gasteiger partial charge in [0.1, 0.15) is 0 Å². The second kappa shape index (κ2) is 8.54. The maximum absolute atomic E-state index is 11.7. The summed E-state index contributed by atoms with van der Waals surface area (Å²) in [5.74, 6) is 0.0764. The highest BCUT2D eigenvalue weighted by atomic mass is 16.3. The molecule has 3 heteroatoms. The molecule has 0 aliphatic carbocycles. The van der Waals surface area contributed by atoms with Crippen LogP contribution in [0, 0.1) is 12.8 Å². The predicted molar refractivity (Wildman–Crippen MR) is 83.3 cm³/mol. The third-order valence-electron chi connectivity index (χ3n) is 3.55. The summed E-state index contributed by atoms with van der Waals surface area (Å²) in [6.45, 7) is 6.43. The quantitative estimate of drug-likeness (QED) is 0.752. The van der Waals surface area contributed by atoms with Gasteiger partial charge in [0.05, 0.1) is 6.10 Å². The van der Waals surface area contributed by atoms with Crippen molar-refractivity contribution in [3.63, 3.8) is 0 Å². The minimum absolute atomic E-state index is 0.170. The molecule has 0 fully saturated rings. The maximum atomic E-state index is 11.7. The highest BCUT2D eigenvalue weighted by Gasteiger charge is 2.15. The number of hydrogen-bond donors (Lipinski definition) is 2. The summed E-state index contributed by atoms with van der Waals surface area (Å²) in [7, 11) is 0. The topological polar surface area (TPSA) is 49.3 Å². The molecule has 1 rings (SSSR count). The van der Waals surface area contributed by atoms with E-state index in [0.717, 1.165) is 24.0 Å². The number of aliphatic hydroxyl groups is 1. The lowest BCUT2D eigenvalue weighted by atomic mass is 9.96. The fraction of sp³-hybridized carbons (Fsp3) is 0.471. The van der Waals surface area contributed by atoms with Gasteiger partial charge in [0, 0.05) is 12.6 Å². The number of amides is 1. The van der Waals surface area contributed by atoms with Gasteiger partial charge in [-0.15, -0.1) is 0 Å². The number of carbonyl (C=O) groups excluding carboxylic acids is 1. The van der Waals surface area contributed by atoms with Crippen LogP contribution >= 0.6 is 0 Å². The molecule has 3 nitrogen and oxygen atoms in total. The van der Waals surface area contributed by atoms with E-state index in [9.17, 15) is 9.90 Å². The highest BCUT2D eigenvalue weighted by Crippen LogP contribution is 2.12. The second-order valence-electron chi connectivity index (χ2n) is 5.14. The molecule has 0 aliphatic rings. The van der Waals surface area contributed by atoms with Crippen molar-refractivity contribution in [1.82, 2.24) is 5.32 Å². The Kier molecular flexibility index (Phi) is 7.02. The fourth-order valence-electron chi connectivity index (χ4n) is 2.21. The van der Waals surface area contributed by atoms with Gasteiger partial charge in [-0.25, -0.2) is 0 Å². The summed E-state index contributed by atoms with van der Waals surface area (Å²) in [5, 5.41) is 12.7. The van der Waals surface area contributed by atoms with Crippen LogP contribution in [0.4, 0.5) is 0 Å². The number of benzene rings is 1. The van der Waals surface area contributed by atoms with Gasteiger partial charge in [-0.3, -0.25) is 4.79 Å². The van der Waals surface area contributed by atoms with Crippen molar-refractivity contribution >= 4 is 12.0 Å². The highest BCUT2D eigenvalue weighted by molar-refractivity contribution is 5.91. The van der Waals surface area contributed by atoms with E-state index in [1.807, 2.05) is 31.2 Å². The van der Waals surface area contributed by atoms with E-state index in [0.29, 0.717) is 6.54 Å². The van der Waals surface area contributed by atoms with Crippen LogP contribution in [-0.4, -0.2) is 23.7 Å². The van der Waals surface area contributed by atoms with E-state index in [1.54, 1.807) is 6.08 Å². The van der Waals surface area contributed by atoms with Gasteiger partial charge in [-0.1, -0.05) is 56.5 Å². The number of aryl methyl sites for hydroxylation is 1. The minimum atomic E-state index is -0.471. The number of aliphatic hydroxyl groups excluding tert-OH is 1. The minimum Gasteiger partial charge on any atom is -0.391 e. The molecule has 0 heterocycles. The second-order valence-corrected chi connectivity index (χ2v) is 5.14. The molecule has 1 amide bonds. The fourth-order valence-corrected chi connectivity index (χ4v) is 2.21. The molecule has 0 aliphatic heterocycles. The Hall–Kier alpha value is -1.61. The molecule has 1 unspecified atom stereocenters. The molecule has 1 atom stereocenters. The molecular weight excluding hydrogens is 250 g/mol. The maximum Gasteiger partial charge on any atom is 0.244 e. The van der Waals surface area contributed by atoms with E-state index in [2.05, 4.69) is 19.2 Å². The van der Waals surface area contributed by atoms with Crippen molar-refractivity contribution in [3.05, 3.63) is 41.5 Å². The Morgan fingerprint density at radius 2 is 2.05 bits per heavy atom. The average molecular weight is 275 g/mol. The number of nitrogens with one attached hydrogen (secondary N) is 1. The van der Waals surface area contributed by atoms with Crippen molar-refractivity contribution in [1.29, 1.82) is 0 Å². The lowest BCUT2D eigenvalue weighted by Crippen LogP contribution is -2.35. The third kappa shape index (κ3) is 5.57. The zero-order chi connectivity index (χ0) is 15.0. The number of carbonyl (C=O) groups is 1. The first-order valence-electron chi connectivity index (χ1n) is 7.27. The normalized spacial score (nSPS) is 12.8. The monoisotopic (exact) mass is 275 g/mol. The van der Waals surface area contributed by atoms with Crippen molar-refractivity contribution in [2.45, 2.75) is 39.7 Å². The van der Waals surface area contributed by atoms with E-state index < -0.39 is 6.10 Å². The molecule has 0 spiro atoms. The Morgan fingerprint density at radius 1 is 1.35 bits per heavy atom. The van der Waals surface area contributed by atoms with Gasteiger partial charge in [-0.05, 0) is 24.5 Å². The largest absolute Gasteiger partial charge is 0.391 e. The summed E-state index contributed by atoms with van der Waals surface area (Å²) >= 11 is 0. The summed E-state index contributed by atoms with van der Waals surface area (Å²) in [4.78, 5) is 11.7. The van der Waals surface area contributed by atoms with Crippen LogP contribution < -0.4 is 5.32 Å². The average Bonchev–Trinajstić information content (AvgIpc) is 2.44. The van der Waals surface area contributed by atoms with Crippen molar-refractivity contribution in [2.24, 2.45) is 5.92 Å². The van der Waals surface area contributed by atoms with Gasteiger partial charge in [0.2, 0.25) is 5.91 Å². The Balaban J connectivity index is 2.44. The SMILES string of the molecule is CCC(CC)C(O)CNC(=O)/C=C/c1cccc(C)c1. The molecule has 2 N–H and O–H groups in total. The molecule has 0 radical (unpaired) electrons. The van der Waals surface area contributed by atoms with E-state index in [4.69, 9.17) is 0 Å². The molecule has 20 heavy (non-hydrogen) atoms. The van der Waals surface area contributed by atoms with Gasteiger partial charge in [0.15, 0.2) is 0 Å². The molecule has 0 bridgehead atoms. The van der Waals surface area contributed by atoms with Gasteiger partial charge < -0.3 is 10.4 Å². The van der Waals surface area contributed by atoms with Crippen LogP contribution in [0.2, 0.25) is 0 Å². The Bertz CT molecular complexity index is 450. The molecule has 0 aromatic heterocycles. The van der Waals surface area contributed by atoms with Crippen LogP contribution in [0.25, 0.3) is 6.08 Å². The molecular formula is C17H25NO2. The summed E-state index contributed by atoms with van der Waals surface area (Å²) in [5.41, 5.74) is 2.16. The third-order valence-corrected chi connectivity index (χ3v) is 3.55. The Labute approximate surface area is 121 Å². The van der Waals surface area contributed by atoms with E-state index in [1.165, 1.54) is 6.08 Å². The molecule has 1 aromatic rings. The predicted octanol–water partition coefficient (Wildman–Crippen LogP) is 2.92. The van der Waals surface area contributed by atoms with E-state index >= 15 is 0 Å². The first kappa shape index (κ1) is 16.4. The first-order chi connectivity index (χ1) is 9.56. The Morgan fingerprint density at radius 3 is 2.65 bits per heavy atom.